The molecular weight excluding hydrogens is 168 g/mol. The summed E-state index contributed by atoms with van der Waals surface area (Å²) in [7, 11) is 0. The smallest absolute Gasteiger partial charge is 0.328 e. The van der Waals surface area contributed by atoms with E-state index >= 15 is 0 Å². The Morgan fingerprint density at radius 1 is 1.62 bits per heavy atom. The first-order chi connectivity index (χ1) is 6.27. The van der Waals surface area contributed by atoms with Crippen LogP contribution in [0.25, 0.3) is 0 Å². The van der Waals surface area contributed by atoms with Gasteiger partial charge < -0.3 is 5.73 Å². The molecule has 1 heterocycles. The van der Waals surface area contributed by atoms with E-state index in [4.69, 9.17) is 5.73 Å². The Bertz CT molecular complexity index is 329. The van der Waals surface area contributed by atoms with Gasteiger partial charge in [0.15, 0.2) is 0 Å². The molecule has 0 aromatic carbocycles. The summed E-state index contributed by atoms with van der Waals surface area (Å²) in [5.74, 6) is 0. The van der Waals surface area contributed by atoms with E-state index in [2.05, 4.69) is 10.2 Å². The van der Waals surface area contributed by atoms with Crippen LogP contribution in [0.1, 0.15) is 31.7 Å². The molecule has 1 fully saturated rings. The van der Waals surface area contributed by atoms with E-state index < -0.39 is 0 Å². The van der Waals surface area contributed by atoms with Crippen molar-refractivity contribution in [3.63, 3.8) is 0 Å². The lowest BCUT2D eigenvalue weighted by Crippen LogP contribution is -2.32. The van der Waals surface area contributed by atoms with E-state index in [1.165, 1.54) is 0 Å². The number of hydrogen-bond donors (Lipinski definition) is 2. The Kier molecular flexibility index (Phi) is 2.18. The Morgan fingerprint density at radius 2 is 2.46 bits per heavy atom. The fourth-order valence-corrected chi connectivity index (χ4v) is 1.97. The van der Waals surface area contributed by atoms with Crippen molar-refractivity contribution in [1.29, 1.82) is 0 Å². The van der Waals surface area contributed by atoms with Gasteiger partial charge in [-0.15, -0.1) is 0 Å². The molecule has 0 bridgehead atoms. The minimum absolute atomic E-state index is 0.126. The number of nitrogens with one attached hydrogen (secondary N) is 1. The monoisotopic (exact) mass is 182 g/mol. The molecule has 2 atom stereocenters. The van der Waals surface area contributed by atoms with Crippen LogP contribution in [0.15, 0.2) is 11.1 Å². The zero-order valence-electron chi connectivity index (χ0n) is 7.44. The third-order valence-corrected chi connectivity index (χ3v) is 2.66. The summed E-state index contributed by atoms with van der Waals surface area (Å²) in [6.07, 6.45) is 5.66. The van der Waals surface area contributed by atoms with Gasteiger partial charge in [0.2, 0.25) is 0 Å². The SMILES string of the molecule is NC1CCCC(n2cn[nH]c2=O)C1. The first-order valence-electron chi connectivity index (χ1n) is 4.64. The number of nitrogens with two attached hydrogens (primary N) is 1. The van der Waals surface area contributed by atoms with Crippen LogP contribution < -0.4 is 11.4 Å². The maximum atomic E-state index is 11.2. The fraction of sp³-hybridized carbons (Fsp3) is 0.750. The summed E-state index contributed by atoms with van der Waals surface area (Å²) in [6.45, 7) is 0. The zero-order valence-corrected chi connectivity index (χ0v) is 7.44. The van der Waals surface area contributed by atoms with E-state index in [9.17, 15) is 4.79 Å². The molecule has 0 spiro atoms. The largest absolute Gasteiger partial charge is 0.343 e. The molecule has 1 aromatic rings. The molecular formula is C8H14N4O. The molecule has 1 aromatic heterocycles. The van der Waals surface area contributed by atoms with Crippen LogP contribution in [0, 0.1) is 0 Å². The highest BCUT2D eigenvalue weighted by molar-refractivity contribution is 4.81. The topological polar surface area (TPSA) is 76.7 Å². The van der Waals surface area contributed by atoms with Crippen molar-refractivity contribution in [2.24, 2.45) is 5.73 Å². The Morgan fingerprint density at radius 3 is 3.08 bits per heavy atom. The second-order valence-corrected chi connectivity index (χ2v) is 3.65. The van der Waals surface area contributed by atoms with E-state index in [0.29, 0.717) is 0 Å². The van der Waals surface area contributed by atoms with Crippen LogP contribution in [0.3, 0.4) is 0 Å². The number of H-pyrrole nitrogens is 1. The average Bonchev–Trinajstić information content (AvgIpc) is 2.51. The molecule has 5 nitrogen and oxygen atoms in total. The Labute approximate surface area is 75.9 Å². The van der Waals surface area contributed by atoms with E-state index in [-0.39, 0.29) is 17.8 Å². The van der Waals surface area contributed by atoms with E-state index in [1.54, 1.807) is 10.9 Å². The van der Waals surface area contributed by atoms with Crippen LogP contribution in [0.2, 0.25) is 0 Å². The third-order valence-electron chi connectivity index (χ3n) is 2.66. The highest BCUT2D eigenvalue weighted by Gasteiger charge is 2.21. The molecule has 1 aliphatic carbocycles. The predicted octanol–water partition coefficient (Wildman–Crippen LogP) is 0.0138. The summed E-state index contributed by atoms with van der Waals surface area (Å²) in [5, 5.41) is 6.10. The van der Waals surface area contributed by atoms with E-state index in [1.807, 2.05) is 0 Å². The van der Waals surface area contributed by atoms with Crippen molar-refractivity contribution in [2.45, 2.75) is 37.8 Å². The Hall–Kier alpha value is -1.10. The van der Waals surface area contributed by atoms with Crippen LogP contribution in [0.4, 0.5) is 0 Å². The van der Waals surface area contributed by atoms with Gasteiger partial charge in [-0.3, -0.25) is 4.57 Å². The lowest BCUT2D eigenvalue weighted by Gasteiger charge is -2.26. The number of hydrogen-bond acceptors (Lipinski definition) is 3. The molecule has 1 aliphatic rings. The van der Waals surface area contributed by atoms with Crippen LogP contribution >= 0.6 is 0 Å². The molecule has 0 aliphatic heterocycles. The van der Waals surface area contributed by atoms with Gasteiger partial charge in [-0.2, -0.15) is 5.10 Å². The van der Waals surface area contributed by atoms with Crippen molar-refractivity contribution in [3.05, 3.63) is 16.8 Å². The zero-order chi connectivity index (χ0) is 9.26. The van der Waals surface area contributed by atoms with Gasteiger partial charge in [0, 0.05) is 12.1 Å². The minimum Gasteiger partial charge on any atom is -0.328 e. The number of nitrogens with zero attached hydrogens (tertiary/aromatic N) is 2. The number of rotatable bonds is 1. The molecule has 2 rings (SSSR count). The second-order valence-electron chi connectivity index (χ2n) is 3.65. The first-order valence-corrected chi connectivity index (χ1v) is 4.64. The van der Waals surface area contributed by atoms with Crippen LogP contribution in [-0.4, -0.2) is 20.8 Å². The molecule has 0 saturated heterocycles. The van der Waals surface area contributed by atoms with E-state index in [0.717, 1.165) is 25.7 Å². The highest BCUT2D eigenvalue weighted by atomic mass is 16.1. The Balaban J connectivity index is 2.17. The number of aromatic amines is 1. The van der Waals surface area contributed by atoms with Gasteiger partial charge in [0.05, 0.1) is 0 Å². The van der Waals surface area contributed by atoms with Gasteiger partial charge in [0.1, 0.15) is 6.33 Å². The van der Waals surface area contributed by atoms with Gasteiger partial charge in [-0.05, 0) is 25.7 Å². The predicted molar refractivity (Wildman–Crippen MR) is 48.3 cm³/mol. The highest BCUT2D eigenvalue weighted by Crippen LogP contribution is 2.25. The lowest BCUT2D eigenvalue weighted by atomic mass is 9.91. The molecule has 5 heteroatoms. The van der Waals surface area contributed by atoms with Crippen molar-refractivity contribution >= 4 is 0 Å². The lowest BCUT2D eigenvalue weighted by molar-refractivity contribution is 0.314. The summed E-state index contributed by atoms with van der Waals surface area (Å²) in [4.78, 5) is 11.2. The molecule has 0 radical (unpaired) electrons. The minimum atomic E-state index is -0.126. The maximum Gasteiger partial charge on any atom is 0.343 e. The third kappa shape index (κ3) is 1.65. The molecule has 0 amide bonds. The quantitative estimate of drug-likeness (QED) is 0.642. The molecule has 3 N–H and O–H groups in total. The summed E-state index contributed by atoms with van der Waals surface area (Å²) in [5.41, 5.74) is 5.71. The normalized spacial score (nSPS) is 29.0. The molecule has 72 valence electrons. The second kappa shape index (κ2) is 3.33. The van der Waals surface area contributed by atoms with Crippen molar-refractivity contribution in [3.8, 4) is 0 Å². The van der Waals surface area contributed by atoms with Gasteiger partial charge in [-0.25, -0.2) is 9.89 Å². The fourth-order valence-electron chi connectivity index (χ4n) is 1.97. The van der Waals surface area contributed by atoms with Gasteiger partial charge in [0.25, 0.3) is 0 Å². The summed E-state index contributed by atoms with van der Waals surface area (Å²) in [6, 6.07) is 0.482. The first kappa shape index (κ1) is 8.50. The van der Waals surface area contributed by atoms with Gasteiger partial charge in [-0.1, -0.05) is 0 Å². The molecule has 1 saturated carbocycles. The standard InChI is InChI=1S/C8H14N4O/c9-6-2-1-3-7(4-6)12-5-10-11-8(12)13/h5-7H,1-4,9H2,(H,11,13). The van der Waals surface area contributed by atoms with Crippen molar-refractivity contribution in [1.82, 2.24) is 14.8 Å². The summed E-state index contributed by atoms with van der Waals surface area (Å²) >= 11 is 0. The molecule has 2 unspecified atom stereocenters. The maximum absolute atomic E-state index is 11.2. The van der Waals surface area contributed by atoms with Crippen LogP contribution in [-0.2, 0) is 0 Å². The number of aromatic nitrogens is 3. The average molecular weight is 182 g/mol. The van der Waals surface area contributed by atoms with Crippen LogP contribution in [0.5, 0.6) is 0 Å². The molecule has 13 heavy (non-hydrogen) atoms. The summed E-state index contributed by atoms with van der Waals surface area (Å²) < 4.78 is 1.65. The van der Waals surface area contributed by atoms with Crippen molar-refractivity contribution in [2.75, 3.05) is 0 Å². The van der Waals surface area contributed by atoms with Gasteiger partial charge >= 0.3 is 5.69 Å². The van der Waals surface area contributed by atoms with Crippen molar-refractivity contribution < 1.29 is 0 Å².